The van der Waals surface area contributed by atoms with Crippen LogP contribution in [0.2, 0.25) is 0 Å². The van der Waals surface area contributed by atoms with Gasteiger partial charge in [-0.25, -0.2) is 4.79 Å². The lowest BCUT2D eigenvalue weighted by atomic mass is 9.96. The van der Waals surface area contributed by atoms with Gasteiger partial charge in [0.15, 0.2) is 0 Å². The molecule has 5 nitrogen and oxygen atoms in total. The van der Waals surface area contributed by atoms with Crippen molar-refractivity contribution in [1.29, 1.82) is 0 Å². The van der Waals surface area contributed by atoms with E-state index in [-0.39, 0.29) is 11.8 Å². The van der Waals surface area contributed by atoms with Gasteiger partial charge >= 0.3 is 5.97 Å². The molecule has 1 aromatic carbocycles. The Morgan fingerprint density at radius 1 is 1.32 bits per heavy atom. The lowest BCUT2D eigenvalue weighted by Crippen LogP contribution is -2.32. The van der Waals surface area contributed by atoms with E-state index in [0.717, 1.165) is 21.8 Å². The van der Waals surface area contributed by atoms with Crippen molar-refractivity contribution in [2.24, 2.45) is 5.92 Å². The second kappa shape index (κ2) is 7.27. The first-order chi connectivity index (χ1) is 12.0. The van der Waals surface area contributed by atoms with Gasteiger partial charge in [0.25, 0.3) is 0 Å². The summed E-state index contributed by atoms with van der Waals surface area (Å²) in [6, 6.07) is 7.74. The lowest BCUT2D eigenvalue weighted by Gasteiger charge is -2.24. The monoisotopic (exact) mass is 359 g/mol. The van der Waals surface area contributed by atoms with Crippen LogP contribution in [0.4, 0.5) is 5.00 Å². The lowest BCUT2D eigenvalue weighted by molar-refractivity contribution is -0.121. The van der Waals surface area contributed by atoms with Crippen molar-refractivity contribution in [3.8, 4) is 5.75 Å². The van der Waals surface area contributed by atoms with Crippen LogP contribution in [-0.4, -0.2) is 25.1 Å². The predicted molar refractivity (Wildman–Crippen MR) is 97.5 cm³/mol. The van der Waals surface area contributed by atoms with Crippen molar-refractivity contribution < 1.29 is 19.1 Å². The van der Waals surface area contributed by atoms with Gasteiger partial charge in [0.05, 0.1) is 18.1 Å². The SMILES string of the molecule is CCOC(=O)c1c(NC(=O)C2COc3ccccc3C2)sc(C)c1C. The number of fused-ring (bicyclic) bond motifs is 1. The van der Waals surface area contributed by atoms with Gasteiger partial charge in [-0.3, -0.25) is 4.79 Å². The van der Waals surface area contributed by atoms with Crippen molar-refractivity contribution in [1.82, 2.24) is 0 Å². The van der Waals surface area contributed by atoms with Crippen LogP contribution >= 0.6 is 11.3 Å². The first-order valence-corrected chi connectivity index (χ1v) is 9.11. The highest BCUT2D eigenvalue weighted by Gasteiger charge is 2.28. The summed E-state index contributed by atoms with van der Waals surface area (Å²) in [6.07, 6.45) is 0.625. The van der Waals surface area contributed by atoms with Crippen molar-refractivity contribution in [2.75, 3.05) is 18.5 Å². The van der Waals surface area contributed by atoms with Crippen molar-refractivity contribution in [3.63, 3.8) is 0 Å². The molecule has 132 valence electrons. The number of anilines is 1. The van der Waals surface area contributed by atoms with Crippen LogP contribution in [0.1, 0.15) is 33.3 Å². The van der Waals surface area contributed by atoms with Crippen LogP contribution in [0.15, 0.2) is 24.3 Å². The summed E-state index contributed by atoms with van der Waals surface area (Å²) >= 11 is 1.40. The number of para-hydroxylation sites is 1. The van der Waals surface area contributed by atoms with E-state index >= 15 is 0 Å². The predicted octanol–water partition coefficient (Wildman–Crippen LogP) is 3.73. The van der Waals surface area contributed by atoms with Crippen LogP contribution in [0.5, 0.6) is 5.75 Å². The number of hydrogen-bond acceptors (Lipinski definition) is 5. The molecule has 6 heteroatoms. The molecule has 1 atom stereocenters. The molecular weight excluding hydrogens is 338 g/mol. The quantitative estimate of drug-likeness (QED) is 0.845. The van der Waals surface area contributed by atoms with E-state index in [1.54, 1.807) is 6.92 Å². The second-order valence-electron chi connectivity index (χ2n) is 6.02. The second-order valence-corrected chi connectivity index (χ2v) is 7.24. The fourth-order valence-electron chi connectivity index (χ4n) is 2.87. The van der Waals surface area contributed by atoms with Gasteiger partial charge in [-0.15, -0.1) is 11.3 Å². The van der Waals surface area contributed by atoms with Gasteiger partial charge in [0.1, 0.15) is 17.4 Å². The number of nitrogens with one attached hydrogen (secondary N) is 1. The largest absolute Gasteiger partial charge is 0.492 e. The molecule has 1 aromatic heterocycles. The van der Waals surface area contributed by atoms with Crippen LogP contribution in [0.3, 0.4) is 0 Å². The molecule has 0 aliphatic carbocycles. The summed E-state index contributed by atoms with van der Waals surface area (Å²) in [7, 11) is 0. The van der Waals surface area contributed by atoms with Crippen LogP contribution < -0.4 is 10.1 Å². The Hall–Kier alpha value is -2.34. The van der Waals surface area contributed by atoms with Gasteiger partial charge in [-0.2, -0.15) is 0 Å². The molecule has 0 saturated carbocycles. The van der Waals surface area contributed by atoms with Crippen molar-refractivity contribution in [3.05, 3.63) is 45.8 Å². The van der Waals surface area contributed by atoms with Gasteiger partial charge in [-0.1, -0.05) is 18.2 Å². The molecule has 2 aromatic rings. The van der Waals surface area contributed by atoms with E-state index in [0.29, 0.717) is 30.2 Å². The fourth-order valence-corrected chi connectivity index (χ4v) is 3.93. The van der Waals surface area contributed by atoms with Gasteiger partial charge < -0.3 is 14.8 Å². The number of benzene rings is 1. The zero-order valence-corrected chi connectivity index (χ0v) is 15.4. The third kappa shape index (κ3) is 3.54. The molecule has 1 aliphatic rings. The minimum absolute atomic E-state index is 0.138. The minimum Gasteiger partial charge on any atom is -0.492 e. The molecule has 25 heavy (non-hydrogen) atoms. The van der Waals surface area contributed by atoms with Crippen LogP contribution in [0.25, 0.3) is 0 Å². The zero-order chi connectivity index (χ0) is 18.0. The van der Waals surface area contributed by atoms with E-state index in [9.17, 15) is 9.59 Å². The molecule has 0 spiro atoms. The average Bonchev–Trinajstić information content (AvgIpc) is 2.88. The van der Waals surface area contributed by atoms with E-state index in [1.807, 2.05) is 38.1 Å². The Balaban J connectivity index is 1.78. The maximum absolute atomic E-state index is 12.7. The number of ether oxygens (including phenoxy) is 2. The highest BCUT2D eigenvalue weighted by Crippen LogP contribution is 2.34. The number of esters is 1. The molecule has 0 saturated heterocycles. The highest BCUT2D eigenvalue weighted by atomic mass is 32.1. The Bertz CT molecular complexity index is 812. The first kappa shape index (κ1) is 17.5. The Labute approximate surface area is 151 Å². The summed E-state index contributed by atoms with van der Waals surface area (Å²) in [5.74, 6) is 0.0143. The van der Waals surface area contributed by atoms with E-state index in [4.69, 9.17) is 9.47 Å². The van der Waals surface area contributed by atoms with Crippen molar-refractivity contribution in [2.45, 2.75) is 27.2 Å². The van der Waals surface area contributed by atoms with E-state index in [1.165, 1.54) is 11.3 Å². The zero-order valence-electron chi connectivity index (χ0n) is 14.5. The number of carbonyl (C=O) groups excluding carboxylic acids is 2. The number of thiophene rings is 1. The topological polar surface area (TPSA) is 64.6 Å². The molecule has 1 unspecified atom stereocenters. The summed E-state index contributed by atoms with van der Waals surface area (Å²) in [4.78, 5) is 25.9. The maximum Gasteiger partial charge on any atom is 0.341 e. The Morgan fingerprint density at radius 3 is 2.84 bits per heavy atom. The molecule has 0 radical (unpaired) electrons. The maximum atomic E-state index is 12.7. The van der Waals surface area contributed by atoms with E-state index < -0.39 is 5.97 Å². The summed E-state index contributed by atoms with van der Waals surface area (Å²) < 4.78 is 10.8. The average molecular weight is 359 g/mol. The minimum atomic E-state index is -0.398. The number of hydrogen-bond donors (Lipinski definition) is 1. The smallest absolute Gasteiger partial charge is 0.341 e. The molecule has 1 aliphatic heterocycles. The third-order valence-electron chi connectivity index (χ3n) is 4.35. The standard InChI is InChI=1S/C19H21NO4S/c1-4-23-19(22)16-11(2)12(3)25-18(16)20-17(21)14-9-13-7-5-6-8-15(13)24-10-14/h5-8,14H,4,9-10H2,1-3H3,(H,20,21). The van der Waals surface area contributed by atoms with Crippen LogP contribution in [-0.2, 0) is 16.0 Å². The summed E-state index contributed by atoms with van der Waals surface area (Å²) in [5, 5.41) is 3.46. The first-order valence-electron chi connectivity index (χ1n) is 8.30. The van der Waals surface area contributed by atoms with Gasteiger partial charge in [-0.05, 0) is 44.4 Å². The summed E-state index contributed by atoms with van der Waals surface area (Å²) in [5.41, 5.74) is 2.33. The molecule has 0 bridgehead atoms. The molecule has 0 fully saturated rings. The normalized spacial score (nSPS) is 15.9. The highest BCUT2D eigenvalue weighted by molar-refractivity contribution is 7.16. The van der Waals surface area contributed by atoms with Gasteiger partial charge in [0, 0.05) is 4.88 Å². The Kier molecular flexibility index (Phi) is 5.08. The molecule has 2 heterocycles. The summed E-state index contributed by atoms with van der Waals surface area (Å²) in [6.45, 7) is 6.20. The fraction of sp³-hybridized carbons (Fsp3) is 0.368. The number of carbonyl (C=O) groups is 2. The van der Waals surface area contributed by atoms with E-state index in [2.05, 4.69) is 5.32 Å². The molecular formula is C19H21NO4S. The number of rotatable bonds is 4. The van der Waals surface area contributed by atoms with Gasteiger partial charge in [0.2, 0.25) is 5.91 Å². The molecule has 1 amide bonds. The number of amides is 1. The van der Waals surface area contributed by atoms with Crippen LogP contribution in [0, 0.1) is 19.8 Å². The molecule has 1 N–H and O–H groups in total. The number of aryl methyl sites for hydroxylation is 1. The van der Waals surface area contributed by atoms with Crippen molar-refractivity contribution >= 4 is 28.2 Å². The molecule has 3 rings (SSSR count). The third-order valence-corrected chi connectivity index (χ3v) is 5.47. The Morgan fingerprint density at radius 2 is 2.08 bits per heavy atom.